The fourth-order valence-electron chi connectivity index (χ4n) is 0.584. The third kappa shape index (κ3) is 1.31. The van der Waals surface area contributed by atoms with E-state index in [9.17, 15) is 13.2 Å². The average Bonchev–Trinajstić information content (AvgIpc) is 2.11. The molecule has 0 bridgehead atoms. The van der Waals surface area contributed by atoms with Gasteiger partial charge in [-0.1, -0.05) is 0 Å². The lowest BCUT2D eigenvalue weighted by molar-refractivity contribution is -0.134. The summed E-state index contributed by atoms with van der Waals surface area (Å²) < 4.78 is 35.6. The van der Waals surface area contributed by atoms with Crippen LogP contribution in [-0.2, 0) is 6.18 Å². The van der Waals surface area contributed by atoms with E-state index >= 15 is 0 Å². The molecule has 0 fully saturated rings. The first kappa shape index (κ1) is 7.60. The summed E-state index contributed by atoms with van der Waals surface area (Å²) in [6, 6.07) is 1.35. The van der Waals surface area contributed by atoms with Crippen LogP contribution < -0.4 is 0 Å². The fraction of sp³-hybridized carbons (Fsp3) is 0.167. The van der Waals surface area contributed by atoms with Gasteiger partial charge < -0.3 is 0 Å². The van der Waals surface area contributed by atoms with Crippen LogP contribution in [0.2, 0.25) is 0 Å². The highest BCUT2D eigenvalue weighted by Crippen LogP contribution is 2.35. The molecule has 0 aromatic carbocycles. The van der Waals surface area contributed by atoms with E-state index in [0.717, 1.165) is 0 Å². The molecule has 1 aromatic rings. The molecule has 0 unspecified atom stereocenters. The van der Waals surface area contributed by atoms with Crippen molar-refractivity contribution in [2.24, 2.45) is 0 Å². The van der Waals surface area contributed by atoms with Crippen LogP contribution in [0.5, 0.6) is 0 Å². The van der Waals surface area contributed by atoms with E-state index in [1.54, 1.807) is 0 Å². The van der Waals surface area contributed by atoms with Crippen molar-refractivity contribution in [3.63, 3.8) is 0 Å². The Kier molecular flexibility index (Phi) is 1.72. The van der Waals surface area contributed by atoms with Crippen LogP contribution in [0.4, 0.5) is 13.2 Å². The summed E-state index contributed by atoms with van der Waals surface area (Å²) in [7, 11) is 0. The number of hydrogen-bond acceptors (Lipinski definition) is 1. The van der Waals surface area contributed by atoms with Crippen molar-refractivity contribution in [2.45, 2.75) is 6.18 Å². The maximum atomic E-state index is 11.9. The molecule has 0 spiro atoms. The second-order valence-corrected chi connectivity index (χ2v) is 2.69. The molecule has 0 amide bonds. The molecule has 1 heterocycles. The number of alkyl halides is 3. The lowest BCUT2D eigenvalue weighted by atomic mass is 10.3. The van der Waals surface area contributed by atoms with Crippen molar-refractivity contribution in [3.05, 3.63) is 28.8 Å². The van der Waals surface area contributed by atoms with E-state index in [0.29, 0.717) is 11.3 Å². The maximum Gasteiger partial charge on any atom is 0.425 e. The van der Waals surface area contributed by atoms with Gasteiger partial charge in [-0.25, -0.2) is 0 Å². The van der Waals surface area contributed by atoms with Gasteiger partial charge in [0.1, 0.15) is 4.88 Å². The number of thiophene rings is 1. The van der Waals surface area contributed by atoms with Gasteiger partial charge in [0.2, 0.25) is 0 Å². The van der Waals surface area contributed by atoms with Gasteiger partial charge in [0.15, 0.2) is 0 Å². The molecule has 0 aliphatic heterocycles. The average molecular weight is 165 g/mol. The van der Waals surface area contributed by atoms with Crippen LogP contribution in [0.15, 0.2) is 11.4 Å². The summed E-state index contributed by atoms with van der Waals surface area (Å²) in [5.74, 6) is 0. The van der Waals surface area contributed by atoms with Gasteiger partial charge in [0, 0.05) is 0 Å². The summed E-state index contributed by atoms with van der Waals surface area (Å²) in [4.78, 5) is -0.604. The Morgan fingerprint density at radius 1 is 1.40 bits per heavy atom. The van der Waals surface area contributed by atoms with Crippen molar-refractivity contribution in [3.8, 4) is 0 Å². The standard InChI is InChI=1S/C6H4F3S/c1-4-2-3-10-5(4)6(7,8)9/h2-3H,1H2. The third-order valence-corrected chi connectivity index (χ3v) is 2.01. The summed E-state index contributed by atoms with van der Waals surface area (Å²) in [5, 5.41) is 1.38. The Balaban J connectivity index is 3.05. The van der Waals surface area contributed by atoms with Crippen LogP contribution in [0, 0.1) is 6.92 Å². The van der Waals surface area contributed by atoms with Crippen molar-refractivity contribution < 1.29 is 13.2 Å². The Labute approximate surface area is 60.3 Å². The number of rotatable bonds is 0. The lowest BCUT2D eigenvalue weighted by Gasteiger charge is -2.02. The Morgan fingerprint density at radius 3 is 2.20 bits per heavy atom. The summed E-state index contributed by atoms with van der Waals surface area (Å²) in [6.45, 7) is 3.24. The lowest BCUT2D eigenvalue weighted by Crippen LogP contribution is -2.02. The molecule has 0 nitrogen and oxygen atoms in total. The van der Waals surface area contributed by atoms with E-state index < -0.39 is 11.1 Å². The highest BCUT2D eigenvalue weighted by molar-refractivity contribution is 7.10. The van der Waals surface area contributed by atoms with E-state index in [1.807, 2.05) is 0 Å². The second-order valence-electron chi connectivity index (χ2n) is 1.77. The largest absolute Gasteiger partial charge is 0.425 e. The molecule has 55 valence electrons. The molecule has 0 N–H and O–H groups in total. The van der Waals surface area contributed by atoms with E-state index in [4.69, 9.17) is 0 Å². The first-order valence-electron chi connectivity index (χ1n) is 2.48. The SMILES string of the molecule is [CH2]c1ccsc1C(F)(F)F. The molecular weight excluding hydrogens is 161 g/mol. The molecule has 1 radical (unpaired) electrons. The third-order valence-electron chi connectivity index (χ3n) is 1.00. The fourth-order valence-corrected chi connectivity index (χ4v) is 1.31. The Hall–Kier alpha value is -0.510. The molecule has 1 aromatic heterocycles. The Bertz CT molecular complexity index is 223. The van der Waals surface area contributed by atoms with Gasteiger partial charge in [0.25, 0.3) is 0 Å². The zero-order valence-corrected chi connectivity index (χ0v) is 5.72. The summed E-state index contributed by atoms with van der Waals surface area (Å²) in [6.07, 6.45) is -4.23. The van der Waals surface area contributed by atoms with Crippen LogP contribution in [0.1, 0.15) is 10.4 Å². The molecule has 1 rings (SSSR count). The zero-order chi connectivity index (χ0) is 7.78. The quantitative estimate of drug-likeness (QED) is 0.554. The van der Waals surface area contributed by atoms with Gasteiger partial charge >= 0.3 is 6.18 Å². The van der Waals surface area contributed by atoms with Gasteiger partial charge in [-0.05, 0) is 23.9 Å². The second kappa shape index (κ2) is 2.27. The highest BCUT2D eigenvalue weighted by atomic mass is 32.1. The molecule has 0 saturated carbocycles. The highest BCUT2D eigenvalue weighted by Gasteiger charge is 2.33. The topological polar surface area (TPSA) is 0 Å². The van der Waals surface area contributed by atoms with Crippen LogP contribution in [0.25, 0.3) is 0 Å². The Morgan fingerprint density at radius 2 is 2.00 bits per heavy atom. The van der Waals surface area contributed by atoms with Gasteiger partial charge in [-0.3, -0.25) is 0 Å². The van der Waals surface area contributed by atoms with Gasteiger partial charge in [-0.2, -0.15) is 13.2 Å². The molecule has 4 heteroatoms. The molecule has 10 heavy (non-hydrogen) atoms. The normalized spacial score (nSPS) is 12.0. The van der Waals surface area contributed by atoms with Crippen LogP contribution >= 0.6 is 11.3 Å². The zero-order valence-electron chi connectivity index (χ0n) is 4.90. The maximum absolute atomic E-state index is 11.9. The van der Waals surface area contributed by atoms with Crippen molar-refractivity contribution in [1.82, 2.24) is 0 Å². The first-order valence-corrected chi connectivity index (χ1v) is 3.36. The minimum Gasteiger partial charge on any atom is -0.165 e. The van der Waals surface area contributed by atoms with Crippen LogP contribution in [0.3, 0.4) is 0 Å². The molecule has 0 aliphatic carbocycles. The summed E-state index contributed by atoms with van der Waals surface area (Å²) in [5.41, 5.74) is 0.0532. The number of halogens is 3. The first-order chi connectivity index (χ1) is 4.52. The predicted octanol–water partition coefficient (Wildman–Crippen LogP) is 2.95. The molecular formula is C6H4F3S. The van der Waals surface area contributed by atoms with Crippen molar-refractivity contribution >= 4 is 11.3 Å². The van der Waals surface area contributed by atoms with Crippen LogP contribution in [-0.4, -0.2) is 0 Å². The molecule has 0 aliphatic rings. The van der Waals surface area contributed by atoms with E-state index in [2.05, 4.69) is 6.92 Å². The monoisotopic (exact) mass is 165 g/mol. The smallest absolute Gasteiger partial charge is 0.165 e. The van der Waals surface area contributed by atoms with Crippen molar-refractivity contribution in [2.75, 3.05) is 0 Å². The van der Waals surface area contributed by atoms with Gasteiger partial charge in [-0.15, -0.1) is 11.3 Å². The minimum absolute atomic E-state index is 0.0532. The van der Waals surface area contributed by atoms with E-state index in [-0.39, 0.29) is 5.56 Å². The number of hydrogen-bond donors (Lipinski definition) is 0. The predicted molar refractivity (Wildman–Crippen MR) is 33.8 cm³/mol. The summed E-state index contributed by atoms with van der Waals surface area (Å²) >= 11 is 0.669. The molecule has 0 atom stereocenters. The van der Waals surface area contributed by atoms with E-state index in [1.165, 1.54) is 11.4 Å². The minimum atomic E-state index is -4.23. The van der Waals surface area contributed by atoms with Gasteiger partial charge in [0.05, 0.1) is 0 Å². The molecule has 0 saturated heterocycles. The van der Waals surface area contributed by atoms with Crippen molar-refractivity contribution in [1.29, 1.82) is 0 Å².